The van der Waals surface area contributed by atoms with E-state index in [2.05, 4.69) is 20.2 Å². The summed E-state index contributed by atoms with van der Waals surface area (Å²) in [5.74, 6) is 0.922. The molecule has 2 aromatic carbocycles. The number of nitro benzene ring substituents is 1. The summed E-state index contributed by atoms with van der Waals surface area (Å²) in [7, 11) is 0. The van der Waals surface area contributed by atoms with Crippen molar-refractivity contribution in [1.82, 2.24) is 14.9 Å². The minimum Gasteiger partial charge on any atom is -0.369 e. The summed E-state index contributed by atoms with van der Waals surface area (Å²) in [5, 5.41) is 14.5. The first-order valence-corrected chi connectivity index (χ1v) is 10.5. The first kappa shape index (κ1) is 20.7. The van der Waals surface area contributed by atoms with Crippen molar-refractivity contribution in [3.8, 4) is 22.3 Å². The molecule has 0 unspecified atom stereocenters. The number of likely N-dealkylation sites (tertiary alicyclic amines) is 1. The molecular formula is C23H26N6O2. The number of rotatable bonds is 8. The van der Waals surface area contributed by atoms with Crippen molar-refractivity contribution in [3.05, 3.63) is 64.8 Å². The molecule has 8 heteroatoms. The summed E-state index contributed by atoms with van der Waals surface area (Å²) >= 11 is 0. The molecule has 4 rings (SSSR count). The van der Waals surface area contributed by atoms with E-state index in [9.17, 15) is 10.1 Å². The van der Waals surface area contributed by atoms with Gasteiger partial charge in [-0.3, -0.25) is 10.1 Å². The number of hydrogen-bond donors (Lipinski definition) is 2. The van der Waals surface area contributed by atoms with Gasteiger partial charge in [-0.05, 0) is 61.7 Å². The monoisotopic (exact) mass is 418 g/mol. The van der Waals surface area contributed by atoms with E-state index in [1.807, 2.05) is 30.3 Å². The summed E-state index contributed by atoms with van der Waals surface area (Å²) in [6.07, 6.45) is 5.33. The van der Waals surface area contributed by atoms with Gasteiger partial charge in [0, 0.05) is 30.4 Å². The maximum Gasteiger partial charge on any atom is 0.270 e. The van der Waals surface area contributed by atoms with Gasteiger partial charge in [0.1, 0.15) is 5.82 Å². The van der Waals surface area contributed by atoms with Gasteiger partial charge in [-0.25, -0.2) is 4.98 Å². The molecule has 1 aromatic heterocycles. The van der Waals surface area contributed by atoms with Crippen LogP contribution in [0, 0.1) is 10.1 Å². The first-order valence-electron chi connectivity index (χ1n) is 10.5. The lowest BCUT2D eigenvalue weighted by Gasteiger charge is -2.16. The second kappa shape index (κ2) is 9.53. The van der Waals surface area contributed by atoms with E-state index in [0.717, 1.165) is 41.8 Å². The second-order valence-corrected chi connectivity index (χ2v) is 7.71. The van der Waals surface area contributed by atoms with E-state index in [-0.39, 0.29) is 16.6 Å². The van der Waals surface area contributed by atoms with Crippen LogP contribution in [0.3, 0.4) is 0 Å². The maximum absolute atomic E-state index is 11.1. The molecule has 160 valence electrons. The lowest BCUT2D eigenvalue weighted by atomic mass is 9.99. The molecule has 1 fully saturated rings. The molecule has 0 atom stereocenters. The van der Waals surface area contributed by atoms with Crippen LogP contribution < -0.4 is 11.1 Å². The van der Waals surface area contributed by atoms with Crippen molar-refractivity contribution >= 4 is 17.5 Å². The van der Waals surface area contributed by atoms with E-state index in [0.29, 0.717) is 5.82 Å². The Hall–Kier alpha value is -3.52. The Kier molecular flexibility index (Phi) is 6.37. The highest BCUT2D eigenvalue weighted by atomic mass is 16.6. The number of anilines is 2. The van der Waals surface area contributed by atoms with Crippen LogP contribution in [-0.2, 0) is 0 Å². The van der Waals surface area contributed by atoms with Crippen LogP contribution in [0.15, 0.2) is 54.7 Å². The van der Waals surface area contributed by atoms with E-state index in [1.165, 1.54) is 32.0 Å². The van der Waals surface area contributed by atoms with Crippen LogP contribution in [0.25, 0.3) is 22.3 Å². The smallest absolute Gasteiger partial charge is 0.270 e. The van der Waals surface area contributed by atoms with Crippen molar-refractivity contribution in [1.29, 1.82) is 0 Å². The zero-order valence-electron chi connectivity index (χ0n) is 17.3. The Labute approximate surface area is 181 Å². The van der Waals surface area contributed by atoms with Gasteiger partial charge in [-0.15, -0.1) is 0 Å². The number of non-ortho nitro benzene ring substituents is 1. The lowest BCUT2D eigenvalue weighted by molar-refractivity contribution is -0.384. The summed E-state index contributed by atoms with van der Waals surface area (Å²) in [6, 6.07) is 14.5. The van der Waals surface area contributed by atoms with Gasteiger partial charge in [0.25, 0.3) is 5.69 Å². The minimum absolute atomic E-state index is 0.0686. The normalized spacial score (nSPS) is 13.9. The fourth-order valence-electron chi connectivity index (χ4n) is 3.92. The number of hydrogen-bond acceptors (Lipinski definition) is 7. The van der Waals surface area contributed by atoms with Crippen molar-refractivity contribution in [3.63, 3.8) is 0 Å². The van der Waals surface area contributed by atoms with Gasteiger partial charge in [-0.2, -0.15) is 4.98 Å². The highest BCUT2D eigenvalue weighted by Crippen LogP contribution is 2.31. The quantitative estimate of drug-likeness (QED) is 0.320. The Morgan fingerprint density at radius 1 is 1.06 bits per heavy atom. The van der Waals surface area contributed by atoms with E-state index < -0.39 is 0 Å². The molecule has 1 aliphatic heterocycles. The van der Waals surface area contributed by atoms with Gasteiger partial charge < -0.3 is 16.0 Å². The lowest BCUT2D eigenvalue weighted by Crippen LogP contribution is -2.22. The number of aromatic nitrogens is 2. The van der Waals surface area contributed by atoms with Crippen LogP contribution in [0.1, 0.15) is 19.3 Å². The molecule has 31 heavy (non-hydrogen) atoms. The second-order valence-electron chi connectivity index (χ2n) is 7.71. The molecule has 3 aromatic rings. The van der Waals surface area contributed by atoms with E-state index >= 15 is 0 Å². The summed E-state index contributed by atoms with van der Waals surface area (Å²) in [5.41, 5.74) is 9.35. The number of benzene rings is 2. The fourth-order valence-corrected chi connectivity index (χ4v) is 3.92. The third-order valence-electron chi connectivity index (χ3n) is 5.51. The maximum atomic E-state index is 11.1. The zero-order chi connectivity index (χ0) is 21.6. The fraction of sp³-hybridized carbons (Fsp3) is 0.304. The molecule has 0 bridgehead atoms. The molecule has 1 saturated heterocycles. The van der Waals surface area contributed by atoms with Gasteiger partial charge in [0.05, 0.1) is 4.92 Å². The number of nitrogen functional groups attached to an aromatic ring is 1. The largest absolute Gasteiger partial charge is 0.369 e. The van der Waals surface area contributed by atoms with Crippen LogP contribution >= 0.6 is 0 Å². The average Bonchev–Trinajstić information content (AvgIpc) is 3.31. The van der Waals surface area contributed by atoms with Gasteiger partial charge in [0.15, 0.2) is 0 Å². The molecule has 0 saturated carbocycles. The van der Waals surface area contributed by atoms with Crippen molar-refractivity contribution in [2.75, 3.05) is 37.2 Å². The summed E-state index contributed by atoms with van der Waals surface area (Å²) < 4.78 is 0. The third kappa shape index (κ3) is 5.16. The standard InChI is InChI=1S/C23H26N6O2/c24-23-26-16-21(22(27-23)25-10-5-13-28-11-1-2-12-28)19-8-3-6-17(14-19)18-7-4-9-20(15-18)29(30)31/h3-4,6-9,14-16H,1-2,5,10-13H2,(H3,24,25,26,27). The van der Waals surface area contributed by atoms with Crippen LogP contribution in [0.5, 0.6) is 0 Å². The predicted octanol–water partition coefficient (Wildman–Crippen LogP) is 4.20. The van der Waals surface area contributed by atoms with Crippen molar-refractivity contribution < 1.29 is 4.92 Å². The van der Waals surface area contributed by atoms with E-state index in [1.54, 1.807) is 18.3 Å². The van der Waals surface area contributed by atoms with Crippen molar-refractivity contribution in [2.45, 2.75) is 19.3 Å². The zero-order valence-corrected chi connectivity index (χ0v) is 17.3. The van der Waals surface area contributed by atoms with Gasteiger partial charge in [0.2, 0.25) is 5.95 Å². The molecule has 3 N–H and O–H groups in total. The highest BCUT2D eigenvalue weighted by Gasteiger charge is 2.13. The minimum atomic E-state index is -0.384. The van der Waals surface area contributed by atoms with Gasteiger partial charge in [-0.1, -0.05) is 30.3 Å². The predicted molar refractivity (Wildman–Crippen MR) is 123 cm³/mol. The van der Waals surface area contributed by atoms with Crippen LogP contribution in [-0.4, -0.2) is 46.0 Å². The Bertz CT molecular complexity index is 1070. The SMILES string of the molecule is Nc1ncc(-c2cccc(-c3cccc([N+](=O)[O-])c3)c2)c(NCCCN2CCCC2)n1. The number of nitrogens with one attached hydrogen (secondary N) is 1. The van der Waals surface area contributed by atoms with Crippen LogP contribution in [0.4, 0.5) is 17.5 Å². The number of nitrogens with two attached hydrogens (primary N) is 1. The summed E-state index contributed by atoms with van der Waals surface area (Å²) in [4.78, 5) is 21.8. The molecule has 0 spiro atoms. The molecular weight excluding hydrogens is 392 g/mol. The first-order chi connectivity index (χ1) is 15.1. The highest BCUT2D eigenvalue weighted by molar-refractivity contribution is 5.79. The Morgan fingerprint density at radius 3 is 2.55 bits per heavy atom. The Morgan fingerprint density at radius 2 is 1.77 bits per heavy atom. The number of nitrogens with zero attached hydrogens (tertiary/aromatic N) is 4. The third-order valence-corrected chi connectivity index (χ3v) is 5.51. The molecule has 2 heterocycles. The molecule has 0 radical (unpaired) electrons. The van der Waals surface area contributed by atoms with E-state index in [4.69, 9.17) is 5.73 Å². The topological polar surface area (TPSA) is 110 Å². The molecule has 0 aliphatic carbocycles. The summed E-state index contributed by atoms with van der Waals surface area (Å²) in [6.45, 7) is 4.25. The number of nitro groups is 1. The Balaban J connectivity index is 1.54. The molecule has 1 aliphatic rings. The molecule has 0 amide bonds. The van der Waals surface area contributed by atoms with Gasteiger partial charge >= 0.3 is 0 Å². The molecule has 8 nitrogen and oxygen atoms in total. The van der Waals surface area contributed by atoms with Crippen molar-refractivity contribution in [2.24, 2.45) is 0 Å². The average molecular weight is 419 g/mol. The van der Waals surface area contributed by atoms with Crippen LogP contribution in [0.2, 0.25) is 0 Å².